The lowest BCUT2D eigenvalue weighted by molar-refractivity contribution is -0.157. The van der Waals surface area contributed by atoms with Crippen LogP contribution in [0.15, 0.2) is 0 Å². The molecule has 0 spiro atoms. The van der Waals surface area contributed by atoms with Crippen molar-refractivity contribution in [2.75, 3.05) is 33.5 Å². The first-order valence-electron chi connectivity index (χ1n) is 7.65. The maximum absolute atomic E-state index is 10.2. The van der Waals surface area contributed by atoms with Crippen molar-refractivity contribution in [1.82, 2.24) is 0 Å². The van der Waals surface area contributed by atoms with Crippen LogP contribution in [0.4, 0.5) is 0 Å². The Hall–Kier alpha value is -0.160. The lowest BCUT2D eigenvalue weighted by Crippen LogP contribution is -2.22. The van der Waals surface area contributed by atoms with Crippen molar-refractivity contribution in [1.29, 1.82) is 0 Å². The number of hydrogen-bond acceptors (Lipinski definition) is 3. The van der Waals surface area contributed by atoms with Crippen LogP contribution in [0, 0.1) is 0 Å². The summed E-state index contributed by atoms with van der Waals surface area (Å²) >= 11 is 0. The number of methoxy groups -OCH3 is 1. The number of ether oxygens (including phenoxy) is 3. The van der Waals surface area contributed by atoms with Crippen LogP contribution in [-0.2, 0) is 19.3 Å². The first-order valence-corrected chi connectivity index (χ1v) is 7.65. The zero-order valence-electron chi connectivity index (χ0n) is 12.7. The highest BCUT2D eigenvalue weighted by Crippen LogP contribution is 2.03. The summed E-state index contributed by atoms with van der Waals surface area (Å²) in [4.78, 5) is 0. The Balaban J connectivity index is 3.29. The maximum atomic E-state index is 10.2. The summed E-state index contributed by atoms with van der Waals surface area (Å²) < 4.78 is 16.3. The summed E-state index contributed by atoms with van der Waals surface area (Å²) in [5.74, 6) is 0. The zero-order chi connectivity index (χ0) is 14.2. The highest BCUT2D eigenvalue weighted by Gasteiger charge is 2.06. The molecule has 0 aromatic carbocycles. The van der Waals surface area contributed by atoms with Crippen LogP contribution in [0.3, 0.4) is 0 Å². The van der Waals surface area contributed by atoms with Gasteiger partial charge in [-0.15, -0.1) is 0 Å². The summed E-state index contributed by atoms with van der Waals surface area (Å²) in [5.41, 5.74) is 0. The summed E-state index contributed by atoms with van der Waals surface area (Å²) in [5, 5.41) is 10.2. The third-order valence-electron chi connectivity index (χ3n) is 3.00. The second-order valence-electron chi connectivity index (χ2n) is 4.79. The largest absolute Gasteiger partial charge is 0.376 e. The number of rotatable bonds is 15. The van der Waals surface area contributed by atoms with E-state index in [4.69, 9.17) is 14.2 Å². The molecule has 0 bridgehead atoms. The van der Waals surface area contributed by atoms with E-state index in [1.165, 1.54) is 19.3 Å². The van der Waals surface area contributed by atoms with Gasteiger partial charge in [-0.1, -0.05) is 39.0 Å². The van der Waals surface area contributed by atoms with Gasteiger partial charge < -0.3 is 14.2 Å². The van der Waals surface area contributed by atoms with Crippen molar-refractivity contribution < 1.29 is 19.3 Å². The second-order valence-corrected chi connectivity index (χ2v) is 4.79. The Bertz CT molecular complexity index is 164. The minimum absolute atomic E-state index is 0.0402. The molecule has 1 atom stereocenters. The Labute approximate surface area is 118 Å². The van der Waals surface area contributed by atoms with Crippen LogP contribution in [0.1, 0.15) is 58.3 Å². The standard InChI is InChI=1S/C15H31O4/c1-3-4-5-10-13-19-15(17-2)14-18-12-9-7-6-8-11-16/h15H,3-14H2,1-2H3. The summed E-state index contributed by atoms with van der Waals surface area (Å²) in [6.45, 7) is 4.19. The Morgan fingerprint density at radius 2 is 1.58 bits per heavy atom. The Kier molecular flexibility index (Phi) is 15.8. The maximum Gasteiger partial charge on any atom is 0.180 e. The van der Waals surface area contributed by atoms with Crippen molar-refractivity contribution in [3.63, 3.8) is 0 Å². The molecule has 4 heteroatoms. The van der Waals surface area contributed by atoms with Crippen molar-refractivity contribution in [2.45, 2.75) is 64.6 Å². The molecule has 19 heavy (non-hydrogen) atoms. The highest BCUT2D eigenvalue weighted by atomic mass is 16.7. The Morgan fingerprint density at radius 1 is 0.895 bits per heavy atom. The van der Waals surface area contributed by atoms with E-state index in [1.807, 2.05) is 0 Å². The van der Waals surface area contributed by atoms with Gasteiger partial charge in [-0.3, -0.25) is 0 Å². The first kappa shape index (κ1) is 18.8. The van der Waals surface area contributed by atoms with Crippen molar-refractivity contribution in [2.24, 2.45) is 0 Å². The fourth-order valence-corrected chi connectivity index (χ4v) is 1.77. The van der Waals surface area contributed by atoms with Gasteiger partial charge in [0.1, 0.15) is 0 Å². The molecule has 0 aromatic rings. The van der Waals surface area contributed by atoms with Gasteiger partial charge in [-0.2, -0.15) is 0 Å². The molecule has 0 amide bonds. The molecule has 0 aliphatic rings. The normalized spacial score (nSPS) is 12.8. The SMILES string of the molecule is CCCCCCOC(COCCCCCC[O])OC. The van der Waals surface area contributed by atoms with Crippen LogP contribution < -0.4 is 0 Å². The molecule has 0 rings (SSSR count). The molecule has 115 valence electrons. The van der Waals surface area contributed by atoms with Gasteiger partial charge >= 0.3 is 0 Å². The van der Waals surface area contributed by atoms with E-state index in [0.29, 0.717) is 6.61 Å². The van der Waals surface area contributed by atoms with E-state index in [2.05, 4.69) is 6.92 Å². The molecule has 0 N–H and O–H groups in total. The van der Waals surface area contributed by atoms with Crippen molar-refractivity contribution >= 4 is 0 Å². The summed E-state index contributed by atoms with van der Waals surface area (Å²) in [7, 11) is 1.65. The van der Waals surface area contributed by atoms with Crippen molar-refractivity contribution in [3.8, 4) is 0 Å². The van der Waals surface area contributed by atoms with E-state index in [9.17, 15) is 5.11 Å². The number of unbranched alkanes of at least 4 members (excludes halogenated alkanes) is 6. The van der Waals surface area contributed by atoms with Crippen LogP contribution in [0.25, 0.3) is 0 Å². The van der Waals surface area contributed by atoms with Gasteiger partial charge in [0, 0.05) is 20.3 Å². The van der Waals surface area contributed by atoms with Crippen LogP contribution in [0.5, 0.6) is 0 Å². The quantitative estimate of drug-likeness (QED) is 0.339. The smallest absolute Gasteiger partial charge is 0.180 e. The molecule has 0 fully saturated rings. The third kappa shape index (κ3) is 14.1. The lowest BCUT2D eigenvalue weighted by atomic mass is 10.2. The van der Waals surface area contributed by atoms with Crippen LogP contribution >= 0.6 is 0 Å². The molecule has 0 aromatic heterocycles. The van der Waals surface area contributed by atoms with E-state index in [0.717, 1.165) is 45.3 Å². The zero-order valence-corrected chi connectivity index (χ0v) is 12.7. The molecule has 0 aliphatic heterocycles. The Morgan fingerprint density at radius 3 is 2.26 bits per heavy atom. The fourth-order valence-electron chi connectivity index (χ4n) is 1.77. The molecule has 0 saturated heterocycles. The molecular weight excluding hydrogens is 244 g/mol. The molecule has 4 nitrogen and oxygen atoms in total. The van der Waals surface area contributed by atoms with Crippen LogP contribution in [-0.4, -0.2) is 39.8 Å². The van der Waals surface area contributed by atoms with Gasteiger partial charge in [0.25, 0.3) is 0 Å². The topological polar surface area (TPSA) is 47.6 Å². The van der Waals surface area contributed by atoms with Crippen LogP contribution in [0.2, 0.25) is 0 Å². The summed E-state index contributed by atoms with van der Waals surface area (Å²) in [6, 6.07) is 0. The van der Waals surface area contributed by atoms with E-state index in [-0.39, 0.29) is 12.9 Å². The van der Waals surface area contributed by atoms with Gasteiger partial charge in [-0.05, 0) is 19.3 Å². The average molecular weight is 275 g/mol. The minimum Gasteiger partial charge on any atom is -0.376 e. The molecule has 1 radical (unpaired) electrons. The van der Waals surface area contributed by atoms with E-state index < -0.39 is 0 Å². The predicted molar refractivity (Wildman–Crippen MR) is 75.7 cm³/mol. The minimum atomic E-state index is -0.247. The monoisotopic (exact) mass is 275 g/mol. The fraction of sp³-hybridized carbons (Fsp3) is 1.00. The van der Waals surface area contributed by atoms with Gasteiger partial charge in [0.15, 0.2) is 6.29 Å². The summed E-state index contributed by atoms with van der Waals surface area (Å²) in [6.07, 6.45) is 8.42. The molecule has 1 unspecified atom stereocenters. The highest BCUT2D eigenvalue weighted by molar-refractivity contribution is 4.46. The average Bonchev–Trinajstić information content (AvgIpc) is 2.44. The lowest BCUT2D eigenvalue weighted by Gasteiger charge is -2.16. The second kappa shape index (κ2) is 15.9. The first-order chi connectivity index (χ1) is 9.35. The predicted octanol–water partition coefficient (Wildman–Crippen LogP) is 3.56. The van der Waals surface area contributed by atoms with E-state index >= 15 is 0 Å². The van der Waals surface area contributed by atoms with E-state index in [1.54, 1.807) is 7.11 Å². The molecule has 0 aliphatic carbocycles. The van der Waals surface area contributed by atoms with Gasteiger partial charge in [-0.25, -0.2) is 5.11 Å². The van der Waals surface area contributed by atoms with Gasteiger partial charge in [0.2, 0.25) is 0 Å². The van der Waals surface area contributed by atoms with Gasteiger partial charge in [0.05, 0.1) is 13.2 Å². The molecule has 0 heterocycles. The molecule has 0 saturated carbocycles. The van der Waals surface area contributed by atoms with Crippen molar-refractivity contribution in [3.05, 3.63) is 0 Å². The third-order valence-corrected chi connectivity index (χ3v) is 3.00. The molecular formula is C15H31O4. The number of hydrogen-bond donors (Lipinski definition) is 0.